The Labute approximate surface area is 128 Å². The normalized spacial score (nSPS) is 10.8. The molecule has 0 radical (unpaired) electrons. The highest BCUT2D eigenvalue weighted by Crippen LogP contribution is 2.17. The molecule has 0 aliphatic carbocycles. The van der Waals surface area contributed by atoms with Crippen molar-refractivity contribution in [3.05, 3.63) is 80.2 Å². The number of aromatic hydroxyl groups is 1. The summed E-state index contributed by atoms with van der Waals surface area (Å²) in [5.41, 5.74) is -0.111. The molecule has 0 fully saturated rings. The zero-order valence-corrected chi connectivity index (χ0v) is 12.3. The predicted octanol–water partition coefficient (Wildman–Crippen LogP) is 3.55. The lowest BCUT2D eigenvalue weighted by atomic mass is 10.1. The van der Waals surface area contributed by atoms with Gasteiger partial charge in [0.15, 0.2) is 11.5 Å². The lowest BCUT2D eigenvalue weighted by molar-refractivity contribution is 0.104. The van der Waals surface area contributed by atoms with E-state index in [1.165, 1.54) is 54.6 Å². The van der Waals surface area contributed by atoms with E-state index in [1.807, 2.05) is 0 Å². The molecule has 0 saturated heterocycles. The molecule has 0 heterocycles. The fraction of sp³-hybridized carbons (Fsp3) is 0. The van der Waals surface area contributed by atoms with Crippen molar-refractivity contribution in [3.8, 4) is 5.75 Å². The molecule has 0 bridgehead atoms. The number of allylic oxidation sites excluding steroid dienone is 1. The lowest BCUT2D eigenvalue weighted by Crippen LogP contribution is -2.01. The molecule has 21 heavy (non-hydrogen) atoms. The van der Waals surface area contributed by atoms with E-state index < -0.39 is 17.0 Å². The summed E-state index contributed by atoms with van der Waals surface area (Å²) in [6.45, 7) is 0. The quantitative estimate of drug-likeness (QED) is 0.681. The number of ketones is 1. The van der Waals surface area contributed by atoms with E-state index in [2.05, 4.69) is 15.9 Å². The number of carbonyl (C=O) groups excluding carboxylic acids is 1. The van der Waals surface area contributed by atoms with Gasteiger partial charge in [-0.2, -0.15) is 0 Å². The van der Waals surface area contributed by atoms with Gasteiger partial charge in [-0.15, -0.1) is 0 Å². The van der Waals surface area contributed by atoms with Crippen LogP contribution >= 0.6 is 15.9 Å². The van der Waals surface area contributed by atoms with Gasteiger partial charge in [-0.05, 0) is 42.0 Å². The number of benzene rings is 1. The zero-order chi connectivity index (χ0) is 15.4. The summed E-state index contributed by atoms with van der Waals surface area (Å²) in [4.78, 5) is 23.6. The molecule has 3 nitrogen and oxygen atoms in total. The second-order valence-corrected chi connectivity index (χ2v) is 5.15. The van der Waals surface area contributed by atoms with Crippen LogP contribution in [0, 0.1) is 5.82 Å². The van der Waals surface area contributed by atoms with Crippen LogP contribution in [0.5, 0.6) is 5.75 Å². The Balaban J connectivity index is 2.35. The molecule has 0 aromatic heterocycles. The molecule has 0 aliphatic rings. The first kappa shape index (κ1) is 15.1. The molecule has 2 aromatic rings. The summed E-state index contributed by atoms with van der Waals surface area (Å²) >= 11 is 3.16. The average molecular weight is 349 g/mol. The predicted molar refractivity (Wildman–Crippen MR) is 81.8 cm³/mol. The van der Waals surface area contributed by atoms with Crippen LogP contribution < -0.4 is 5.43 Å². The molecule has 0 aliphatic heterocycles. The van der Waals surface area contributed by atoms with E-state index in [0.29, 0.717) is 10.0 Å². The first-order chi connectivity index (χ1) is 9.97. The molecule has 5 heteroatoms. The number of hydrogen-bond acceptors (Lipinski definition) is 3. The highest BCUT2D eigenvalue weighted by Gasteiger charge is 2.10. The van der Waals surface area contributed by atoms with Crippen molar-refractivity contribution in [2.45, 2.75) is 0 Å². The van der Waals surface area contributed by atoms with Gasteiger partial charge >= 0.3 is 0 Å². The number of halogens is 2. The Bertz CT molecular complexity index is 767. The van der Waals surface area contributed by atoms with Crippen LogP contribution in [0.4, 0.5) is 4.39 Å². The standard InChI is InChI=1S/C16H10BrFO3/c17-11-4-8-15(20)16(21)13(9-11)14(19)7-3-10-1-5-12(18)6-2-10/h1-9H,(H,20,21)/b7-3-. The van der Waals surface area contributed by atoms with E-state index >= 15 is 0 Å². The largest absolute Gasteiger partial charge is 0.504 e. The van der Waals surface area contributed by atoms with Gasteiger partial charge in [0.05, 0.1) is 5.56 Å². The van der Waals surface area contributed by atoms with Crippen LogP contribution in [0.1, 0.15) is 15.9 Å². The van der Waals surface area contributed by atoms with Crippen molar-refractivity contribution in [3.63, 3.8) is 0 Å². The van der Waals surface area contributed by atoms with Gasteiger partial charge in [0.25, 0.3) is 0 Å². The molecule has 1 N–H and O–H groups in total. The summed E-state index contributed by atoms with van der Waals surface area (Å²) in [5, 5.41) is 9.75. The Hall–Kier alpha value is -2.27. The van der Waals surface area contributed by atoms with Crippen LogP contribution in [0.25, 0.3) is 6.08 Å². The topological polar surface area (TPSA) is 54.4 Å². The van der Waals surface area contributed by atoms with Crippen molar-refractivity contribution in [2.75, 3.05) is 0 Å². The third-order valence-electron chi connectivity index (χ3n) is 2.73. The molecule has 0 spiro atoms. The summed E-state index contributed by atoms with van der Waals surface area (Å²) in [6.07, 6.45) is 2.70. The van der Waals surface area contributed by atoms with Crippen molar-refractivity contribution in [1.82, 2.24) is 0 Å². The van der Waals surface area contributed by atoms with Crippen LogP contribution in [-0.2, 0) is 0 Å². The summed E-state index contributed by atoms with van der Waals surface area (Å²) in [5.74, 6) is -1.49. The number of hydrogen-bond donors (Lipinski definition) is 1. The van der Waals surface area contributed by atoms with Gasteiger partial charge in [0.2, 0.25) is 5.43 Å². The van der Waals surface area contributed by atoms with Crippen molar-refractivity contribution in [2.24, 2.45) is 0 Å². The fourth-order valence-electron chi connectivity index (χ4n) is 1.64. The summed E-state index contributed by atoms with van der Waals surface area (Å²) in [6, 6.07) is 9.56. The third kappa shape index (κ3) is 3.86. The Morgan fingerprint density at radius 1 is 1.14 bits per heavy atom. The second kappa shape index (κ2) is 6.45. The Morgan fingerprint density at radius 3 is 2.48 bits per heavy atom. The van der Waals surface area contributed by atoms with E-state index in [0.717, 1.165) is 0 Å². The molecule has 0 amide bonds. The summed E-state index contributed by atoms with van der Waals surface area (Å²) in [7, 11) is 0. The van der Waals surface area contributed by atoms with Gasteiger partial charge < -0.3 is 5.11 Å². The second-order valence-electron chi connectivity index (χ2n) is 4.24. The Morgan fingerprint density at radius 2 is 1.81 bits per heavy atom. The minimum atomic E-state index is -0.640. The van der Waals surface area contributed by atoms with Crippen molar-refractivity contribution in [1.29, 1.82) is 0 Å². The van der Waals surface area contributed by atoms with Gasteiger partial charge in [0, 0.05) is 4.47 Å². The minimum absolute atomic E-state index is 0.102. The number of carbonyl (C=O) groups is 1. The van der Waals surface area contributed by atoms with Crippen LogP contribution in [0.3, 0.4) is 0 Å². The lowest BCUT2D eigenvalue weighted by Gasteiger charge is -1.96. The van der Waals surface area contributed by atoms with Crippen LogP contribution in [-0.4, -0.2) is 10.9 Å². The van der Waals surface area contributed by atoms with Gasteiger partial charge in [-0.25, -0.2) is 4.39 Å². The smallest absolute Gasteiger partial charge is 0.220 e. The molecular weight excluding hydrogens is 339 g/mol. The minimum Gasteiger partial charge on any atom is -0.504 e. The maximum Gasteiger partial charge on any atom is 0.220 e. The maximum atomic E-state index is 12.8. The molecule has 0 atom stereocenters. The molecule has 2 rings (SSSR count). The molecule has 2 aromatic carbocycles. The zero-order valence-electron chi connectivity index (χ0n) is 10.7. The van der Waals surface area contributed by atoms with Crippen molar-refractivity contribution < 1.29 is 14.3 Å². The Kier molecular flexibility index (Phi) is 4.65. The van der Waals surface area contributed by atoms with Crippen molar-refractivity contribution >= 4 is 27.8 Å². The molecule has 0 unspecified atom stereocenters. The van der Waals surface area contributed by atoms with E-state index in [-0.39, 0.29) is 11.4 Å². The van der Waals surface area contributed by atoms with Gasteiger partial charge in [0.1, 0.15) is 5.82 Å². The monoisotopic (exact) mass is 348 g/mol. The van der Waals surface area contributed by atoms with E-state index in [4.69, 9.17) is 0 Å². The highest BCUT2D eigenvalue weighted by molar-refractivity contribution is 9.10. The van der Waals surface area contributed by atoms with E-state index in [9.17, 15) is 19.1 Å². The molecule has 0 saturated carbocycles. The fourth-order valence-corrected chi connectivity index (χ4v) is 2.01. The molecular formula is C16H10BrFO3. The highest BCUT2D eigenvalue weighted by atomic mass is 79.9. The van der Waals surface area contributed by atoms with Crippen LogP contribution in [0.15, 0.2) is 57.8 Å². The first-order valence-electron chi connectivity index (χ1n) is 5.98. The van der Waals surface area contributed by atoms with E-state index in [1.54, 1.807) is 0 Å². The van der Waals surface area contributed by atoms with Crippen LogP contribution in [0.2, 0.25) is 0 Å². The van der Waals surface area contributed by atoms with Gasteiger partial charge in [-0.3, -0.25) is 9.59 Å². The van der Waals surface area contributed by atoms with Gasteiger partial charge in [-0.1, -0.05) is 34.1 Å². The summed E-state index contributed by atoms with van der Waals surface area (Å²) < 4.78 is 13.3. The maximum absolute atomic E-state index is 12.8. The SMILES string of the molecule is O=C(/C=C\c1ccc(F)cc1)c1cc(Br)ccc(=O)c1O. The number of rotatable bonds is 3. The first-order valence-corrected chi connectivity index (χ1v) is 6.77. The third-order valence-corrected chi connectivity index (χ3v) is 3.22. The molecule has 106 valence electrons. The average Bonchev–Trinajstić information content (AvgIpc) is 2.60.